The summed E-state index contributed by atoms with van der Waals surface area (Å²) in [6.07, 6.45) is 3.00. The molecule has 1 saturated heterocycles. The second-order valence-electron chi connectivity index (χ2n) is 8.42. The second kappa shape index (κ2) is 5.94. The van der Waals surface area contributed by atoms with E-state index in [1.165, 1.54) is 4.52 Å². The predicted molar refractivity (Wildman–Crippen MR) is 99.4 cm³/mol. The van der Waals surface area contributed by atoms with E-state index < -0.39 is 0 Å². The van der Waals surface area contributed by atoms with Crippen molar-refractivity contribution < 1.29 is 4.79 Å². The molecule has 0 saturated carbocycles. The van der Waals surface area contributed by atoms with Crippen molar-refractivity contribution in [2.75, 3.05) is 13.1 Å². The number of aromatic amines is 1. The van der Waals surface area contributed by atoms with Gasteiger partial charge < -0.3 is 9.88 Å². The molecule has 1 N–H and O–H groups in total. The van der Waals surface area contributed by atoms with Crippen molar-refractivity contribution in [2.45, 2.75) is 65.1 Å². The Bertz CT molecular complexity index is 920. The highest BCUT2D eigenvalue weighted by molar-refractivity contribution is 5.96. The van der Waals surface area contributed by atoms with Crippen molar-refractivity contribution in [3.05, 3.63) is 33.4 Å². The Hall–Kier alpha value is -2.15. The first-order valence-electron chi connectivity index (χ1n) is 9.49. The molecule has 0 aromatic carbocycles. The molecule has 0 aliphatic carbocycles. The molecule has 2 aliphatic rings. The second-order valence-corrected chi connectivity index (χ2v) is 8.42. The maximum absolute atomic E-state index is 12.9. The SMILES string of the molecule is CCc1cc2[nH]c3c(c(=O)n2n1)CN(C[C@H]1CCCN1C(C)(C)C)C3=O. The fraction of sp³-hybridized carbons (Fsp3) is 0.632. The van der Waals surface area contributed by atoms with Crippen molar-refractivity contribution in [3.8, 4) is 0 Å². The van der Waals surface area contributed by atoms with Gasteiger partial charge in [-0.2, -0.15) is 9.61 Å². The molecule has 2 aromatic rings. The topological polar surface area (TPSA) is 73.7 Å². The number of carbonyl (C=O) groups is 1. The average molecular weight is 357 g/mol. The summed E-state index contributed by atoms with van der Waals surface area (Å²) in [5, 5.41) is 4.34. The lowest BCUT2D eigenvalue weighted by atomic mass is 10.0. The minimum atomic E-state index is -0.177. The van der Waals surface area contributed by atoms with Crippen LogP contribution in [0.2, 0.25) is 0 Å². The lowest BCUT2D eigenvalue weighted by Crippen LogP contribution is -2.49. The quantitative estimate of drug-likeness (QED) is 0.909. The van der Waals surface area contributed by atoms with Crippen LogP contribution in [0.15, 0.2) is 10.9 Å². The standard InChI is InChI=1S/C19H27N5O2/c1-5-12-9-15-20-16-14(17(25)24(15)21-12)11-22(18(16)26)10-13-7-6-8-23(13)19(2,3)4/h9,13,20H,5-8,10-11H2,1-4H3/t13-/m1/s1. The van der Waals surface area contributed by atoms with Crippen LogP contribution in [0.3, 0.4) is 0 Å². The summed E-state index contributed by atoms with van der Waals surface area (Å²) in [6.45, 7) is 10.8. The number of aromatic nitrogens is 3. The van der Waals surface area contributed by atoms with Gasteiger partial charge in [0.25, 0.3) is 11.5 Å². The van der Waals surface area contributed by atoms with Gasteiger partial charge in [-0.3, -0.25) is 14.5 Å². The Morgan fingerprint density at radius 2 is 2.08 bits per heavy atom. The first-order valence-corrected chi connectivity index (χ1v) is 9.49. The van der Waals surface area contributed by atoms with E-state index in [2.05, 4.69) is 35.8 Å². The van der Waals surface area contributed by atoms with Crippen molar-refractivity contribution in [1.82, 2.24) is 24.4 Å². The number of nitrogens with one attached hydrogen (secondary N) is 1. The summed E-state index contributed by atoms with van der Waals surface area (Å²) in [4.78, 5) is 33.2. The zero-order valence-corrected chi connectivity index (χ0v) is 16.0. The molecule has 2 aromatic heterocycles. The van der Waals surface area contributed by atoms with E-state index in [0.717, 1.165) is 31.5 Å². The van der Waals surface area contributed by atoms with Crippen LogP contribution in [-0.2, 0) is 13.0 Å². The first kappa shape index (κ1) is 17.3. The van der Waals surface area contributed by atoms with Gasteiger partial charge in [0.15, 0.2) is 0 Å². The minimum Gasteiger partial charge on any atom is -0.335 e. The number of hydrogen-bond acceptors (Lipinski definition) is 4. The molecule has 0 bridgehead atoms. The number of rotatable bonds is 3. The maximum Gasteiger partial charge on any atom is 0.280 e. The Morgan fingerprint density at radius 1 is 1.31 bits per heavy atom. The summed E-state index contributed by atoms with van der Waals surface area (Å²) in [5.74, 6) is -0.0698. The van der Waals surface area contributed by atoms with Crippen molar-refractivity contribution >= 4 is 11.6 Å². The van der Waals surface area contributed by atoms with Crippen LogP contribution in [-0.4, -0.2) is 55.0 Å². The minimum absolute atomic E-state index is 0.0698. The van der Waals surface area contributed by atoms with Gasteiger partial charge in [-0.1, -0.05) is 6.92 Å². The summed E-state index contributed by atoms with van der Waals surface area (Å²) in [6, 6.07) is 2.19. The number of amides is 1. The third-order valence-electron chi connectivity index (χ3n) is 5.65. The van der Waals surface area contributed by atoms with Crippen molar-refractivity contribution in [2.24, 2.45) is 0 Å². The van der Waals surface area contributed by atoms with Crippen LogP contribution in [0.5, 0.6) is 0 Å². The van der Waals surface area contributed by atoms with Gasteiger partial charge in [-0.25, -0.2) is 0 Å². The molecule has 0 unspecified atom stereocenters. The number of aryl methyl sites for hydroxylation is 1. The number of H-pyrrole nitrogens is 1. The molecule has 26 heavy (non-hydrogen) atoms. The average Bonchev–Trinajstić information content (AvgIpc) is 3.27. The highest BCUT2D eigenvalue weighted by Gasteiger charge is 2.38. The molecule has 0 spiro atoms. The molecule has 7 heteroatoms. The first-order chi connectivity index (χ1) is 12.3. The largest absolute Gasteiger partial charge is 0.335 e. The van der Waals surface area contributed by atoms with Gasteiger partial charge in [0, 0.05) is 24.2 Å². The van der Waals surface area contributed by atoms with Crippen LogP contribution in [0.1, 0.15) is 62.3 Å². The van der Waals surface area contributed by atoms with E-state index in [0.29, 0.717) is 36.0 Å². The number of likely N-dealkylation sites (tertiary alicyclic amines) is 1. The monoisotopic (exact) mass is 357 g/mol. The molecule has 1 fully saturated rings. The van der Waals surface area contributed by atoms with E-state index >= 15 is 0 Å². The van der Waals surface area contributed by atoms with Crippen molar-refractivity contribution in [3.63, 3.8) is 0 Å². The summed E-state index contributed by atoms with van der Waals surface area (Å²) < 4.78 is 1.39. The molecule has 4 heterocycles. The fourth-order valence-corrected chi connectivity index (χ4v) is 4.35. The number of carbonyl (C=O) groups excluding carboxylic acids is 1. The Balaban J connectivity index is 1.62. The third kappa shape index (κ3) is 2.65. The van der Waals surface area contributed by atoms with Gasteiger partial charge in [0.1, 0.15) is 11.3 Å². The lowest BCUT2D eigenvalue weighted by Gasteiger charge is -2.38. The Morgan fingerprint density at radius 3 is 2.77 bits per heavy atom. The third-order valence-corrected chi connectivity index (χ3v) is 5.65. The van der Waals surface area contributed by atoms with Crippen molar-refractivity contribution in [1.29, 1.82) is 0 Å². The van der Waals surface area contributed by atoms with Crippen LogP contribution < -0.4 is 5.56 Å². The van der Waals surface area contributed by atoms with E-state index in [1.807, 2.05) is 17.9 Å². The number of fused-ring (bicyclic) bond motifs is 2. The van der Waals surface area contributed by atoms with Gasteiger partial charge in [-0.15, -0.1) is 0 Å². The van der Waals surface area contributed by atoms with Gasteiger partial charge in [0.05, 0.1) is 17.8 Å². The molecule has 1 amide bonds. The van der Waals surface area contributed by atoms with E-state index in [-0.39, 0.29) is 17.0 Å². The van der Waals surface area contributed by atoms with E-state index in [4.69, 9.17) is 0 Å². The molecule has 140 valence electrons. The molecule has 7 nitrogen and oxygen atoms in total. The summed E-state index contributed by atoms with van der Waals surface area (Å²) >= 11 is 0. The molecular formula is C19H27N5O2. The van der Waals surface area contributed by atoms with Crippen LogP contribution in [0.25, 0.3) is 5.65 Å². The highest BCUT2D eigenvalue weighted by atomic mass is 16.2. The Kier molecular flexibility index (Phi) is 3.95. The summed E-state index contributed by atoms with van der Waals surface area (Å²) in [7, 11) is 0. The normalized spacial score (nSPS) is 21.2. The van der Waals surface area contributed by atoms with Gasteiger partial charge in [-0.05, 0) is 46.6 Å². The van der Waals surface area contributed by atoms with Crippen LogP contribution in [0, 0.1) is 0 Å². The zero-order chi connectivity index (χ0) is 18.6. The predicted octanol–water partition coefficient (Wildman–Crippen LogP) is 1.80. The van der Waals surface area contributed by atoms with Crippen LogP contribution in [0.4, 0.5) is 0 Å². The number of nitrogens with zero attached hydrogens (tertiary/aromatic N) is 4. The lowest BCUT2D eigenvalue weighted by molar-refractivity contribution is 0.0629. The summed E-state index contributed by atoms with van der Waals surface area (Å²) in [5.41, 5.74) is 2.32. The van der Waals surface area contributed by atoms with Gasteiger partial charge >= 0.3 is 0 Å². The van der Waals surface area contributed by atoms with E-state index in [9.17, 15) is 9.59 Å². The molecule has 0 radical (unpaired) electrons. The van der Waals surface area contributed by atoms with E-state index in [1.54, 1.807) is 0 Å². The van der Waals surface area contributed by atoms with Gasteiger partial charge in [0.2, 0.25) is 0 Å². The van der Waals surface area contributed by atoms with Crippen LogP contribution >= 0.6 is 0 Å². The molecular weight excluding hydrogens is 330 g/mol. The zero-order valence-electron chi connectivity index (χ0n) is 16.0. The molecule has 2 aliphatic heterocycles. The fourth-order valence-electron chi connectivity index (χ4n) is 4.35. The number of hydrogen-bond donors (Lipinski definition) is 1. The smallest absolute Gasteiger partial charge is 0.280 e. The molecule has 4 rings (SSSR count). The highest BCUT2D eigenvalue weighted by Crippen LogP contribution is 2.29. The Labute approximate surface area is 153 Å². The molecule has 1 atom stereocenters. The maximum atomic E-state index is 12.9.